The van der Waals surface area contributed by atoms with E-state index >= 15 is 0 Å². The molecule has 0 aliphatic heterocycles. The van der Waals surface area contributed by atoms with Crippen molar-refractivity contribution < 1.29 is 14.2 Å². The summed E-state index contributed by atoms with van der Waals surface area (Å²) in [6, 6.07) is 7.15. The number of halogens is 2. The van der Waals surface area contributed by atoms with Gasteiger partial charge in [0.25, 0.3) is 0 Å². The van der Waals surface area contributed by atoms with Gasteiger partial charge in [-0.2, -0.15) is 0 Å². The van der Waals surface area contributed by atoms with E-state index in [0.29, 0.717) is 30.4 Å². The first kappa shape index (κ1) is 15.8. The van der Waals surface area contributed by atoms with Gasteiger partial charge in [0.15, 0.2) is 21.8 Å². The molecule has 0 bridgehead atoms. The quantitative estimate of drug-likeness (QED) is 0.755. The van der Waals surface area contributed by atoms with Crippen molar-refractivity contribution in [2.75, 3.05) is 20.8 Å². The van der Waals surface area contributed by atoms with Crippen LogP contribution in [0.5, 0.6) is 17.2 Å². The van der Waals surface area contributed by atoms with Gasteiger partial charge in [-0.3, -0.25) is 0 Å². The Kier molecular flexibility index (Phi) is 5.61. The Morgan fingerprint density at radius 2 is 1.62 bits per heavy atom. The third kappa shape index (κ3) is 3.97. The van der Waals surface area contributed by atoms with Crippen LogP contribution in [0.15, 0.2) is 24.3 Å². The largest absolute Gasteiger partial charge is 0.493 e. The van der Waals surface area contributed by atoms with E-state index in [9.17, 15) is 0 Å². The number of nitrogens with zero attached hydrogens (tertiary/aromatic N) is 2. The predicted octanol–water partition coefficient (Wildman–Crippen LogP) is 3.77. The van der Waals surface area contributed by atoms with Crippen molar-refractivity contribution in [1.29, 1.82) is 0 Å². The highest BCUT2D eigenvalue weighted by molar-refractivity contribution is 6.35. The molecule has 0 N–H and O–H groups in total. The van der Waals surface area contributed by atoms with E-state index in [1.807, 2.05) is 12.1 Å². The molecular weight excluding hydrogens is 315 g/mol. The molecule has 5 nitrogen and oxygen atoms in total. The fraction of sp³-hybridized carbons (Fsp3) is 0.286. The number of hydrogen-bond donors (Lipinski definition) is 0. The monoisotopic (exact) mass is 328 g/mol. The molecule has 0 aliphatic carbocycles. The van der Waals surface area contributed by atoms with E-state index in [4.69, 9.17) is 37.4 Å². The van der Waals surface area contributed by atoms with Crippen molar-refractivity contribution in [2.45, 2.75) is 6.42 Å². The van der Waals surface area contributed by atoms with Gasteiger partial charge in [0.1, 0.15) is 5.82 Å². The van der Waals surface area contributed by atoms with Gasteiger partial charge in [0, 0.05) is 13.5 Å². The van der Waals surface area contributed by atoms with Gasteiger partial charge in [-0.15, -0.1) is 0 Å². The highest BCUT2D eigenvalue weighted by atomic mass is 35.5. The molecule has 7 heteroatoms. The van der Waals surface area contributed by atoms with Gasteiger partial charge < -0.3 is 14.2 Å². The molecule has 21 heavy (non-hydrogen) atoms. The summed E-state index contributed by atoms with van der Waals surface area (Å²) in [6.45, 7) is 0.485. The van der Waals surface area contributed by atoms with Crippen LogP contribution in [0.2, 0.25) is 10.3 Å². The molecule has 0 unspecified atom stereocenters. The number of aromatic nitrogens is 2. The molecule has 0 saturated heterocycles. The Hall–Kier alpha value is -1.56. The average molecular weight is 329 g/mol. The second kappa shape index (κ2) is 7.45. The zero-order valence-corrected chi connectivity index (χ0v) is 13.1. The summed E-state index contributed by atoms with van der Waals surface area (Å²) in [5.74, 6) is 1.74. The first-order valence-corrected chi connectivity index (χ1v) is 6.93. The molecule has 0 saturated carbocycles. The molecule has 1 aromatic carbocycles. The molecule has 0 fully saturated rings. The predicted molar refractivity (Wildman–Crippen MR) is 80.7 cm³/mol. The van der Waals surface area contributed by atoms with Crippen LogP contribution in [0.25, 0.3) is 0 Å². The smallest absolute Gasteiger partial charge is 0.202 e. The molecule has 0 aliphatic rings. The topological polar surface area (TPSA) is 53.5 Å². The summed E-state index contributed by atoms with van der Waals surface area (Å²) in [7, 11) is 3.15. The summed E-state index contributed by atoms with van der Waals surface area (Å²) < 4.78 is 15.8. The zero-order chi connectivity index (χ0) is 15.2. The van der Waals surface area contributed by atoms with Crippen molar-refractivity contribution in [2.24, 2.45) is 0 Å². The van der Waals surface area contributed by atoms with E-state index in [2.05, 4.69) is 9.97 Å². The Morgan fingerprint density at radius 1 is 1.00 bits per heavy atom. The standard InChI is InChI=1S/C14H14Cl2N2O3/c1-19-8-7-11-17-13(15)12(14(16)18-11)21-10-6-4-3-5-9(10)20-2/h3-6H,7-8H2,1-2H3. The maximum atomic E-state index is 6.12. The Bertz CT molecular complexity index is 600. The lowest BCUT2D eigenvalue weighted by molar-refractivity contribution is 0.200. The van der Waals surface area contributed by atoms with E-state index in [0.717, 1.165) is 0 Å². The second-order valence-electron chi connectivity index (χ2n) is 4.05. The van der Waals surface area contributed by atoms with Crippen molar-refractivity contribution in [3.8, 4) is 17.2 Å². The van der Waals surface area contributed by atoms with Crippen LogP contribution in [-0.4, -0.2) is 30.8 Å². The number of rotatable bonds is 6. The van der Waals surface area contributed by atoms with Crippen LogP contribution in [-0.2, 0) is 11.2 Å². The lowest BCUT2D eigenvalue weighted by Gasteiger charge is -2.12. The van der Waals surface area contributed by atoms with Gasteiger partial charge in [0.2, 0.25) is 5.75 Å². The van der Waals surface area contributed by atoms with Gasteiger partial charge in [-0.05, 0) is 12.1 Å². The summed E-state index contributed by atoms with van der Waals surface area (Å²) >= 11 is 12.2. The minimum Gasteiger partial charge on any atom is -0.493 e. The van der Waals surface area contributed by atoms with Crippen molar-refractivity contribution >= 4 is 23.2 Å². The van der Waals surface area contributed by atoms with E-state index in [1.54, 1.807) is 26.4 Å². The minimum atomic E-state index is 0.145. The lowest BCUT2D eigenvalue weighted by atomic mass is 10.3. The van der Waals surface area contributed by atoms with Crippen molar-refractivity contribution in [3.05, 3.63) is 40.4 Å². The van der Waals surface area contributed by atoms with E-state index < -0.39 is 0 Å². The SMILES string of the molecule is COCCc1nc(Cl)c(Oc2ccccc2OC)c(Cl)n1. The number of methoxy groups -OCH3 is 2. The first-order valence-electron chi connectivity index (χ1n) is 6.17. The number of hydrogen-bond acceptors (Lipinski definition) is 5. The fourth-order valence-corrected chi connectivity index (χ4v) is 2.14. The van der Waals surface area contributed by atoms with E-state index in [1.165, 1.54) is 0 Å². The molecular formula is C14H14Cl2N2O3. The average Bonchev–Trinajstić information content (AvgIpc) is 2.49. The summed E-state index contributed by atoms with van der Waals surface area (Å²) in [5.41, 5.74) is 0. The Balaban J connectivity index is 2.28. The van der Waals surface area contributed by atoms with Crippen molar-refractivity contribution in [1.82, 2.24) is 9.97 Å². The maximum absolute atomic E-state index is 6.12. The highest BCUT2D eigenvalue weighted by Crippen LogP contribution is 2.37. The van der Waals surface area contributed by atoms with Crippen LogP contribution in [0.1, 0.15) is 5.82 Å². The molecule has 0 spiro atoms. The van der Waals surface area contributed by atoms with Gasteiger partial charge in [-0.1, -0.05) is 35.3 Å². The summed E-state index contributed by atoms with van der Waals surface area (Å²) in [5, 5.41) is 0.291. The molecule has 0 amide bonds. The molecule has 2 aromatic rings. The van der Waals surface area contributed by atoms with Crippen LogP contribution in [0, 0.1) is 0 Å². The van der Waals surface area contributed by atoms with Gasteiger partial charge in [-0.25, -0.2) is 9.97 Å². The first-order chi connectivity index (χ1) is 10.2. The van der Waals surface area contributed by atoms with Crippen LogP contribution in [0.4, 0.5) is 0 Å². The number of ether oxygens (including phenoxy) is 3. The second-order valence-corrected chi connectivity index (χ2v) is 4.76. The molecule has 2 rings (SSSR count). The molecule has 0 radical (unpaired) electrons. The third-order valence-electron chi connectivity index (χ3n) is 2.64. The summed E-state index contributed by atoms with van der Waals surface area (Å²) in [4.78, 5) is 8.29. The highest BCUT2D eigenvalue weighted by Gasteiger charge is 2.15. The molecule has 0 atom stereocenters. The minimum absolute atomic E-state index is 0.145. The Morgan fingerprint density at radius 3 is 2.19 bits per heavy atom. The van der Waals surface area contributed by atoms with Gasteiger partial charge >= 0.3 is 0 Å². The molecule has 1 aromatic heterocycles. The fourth-order valence-electron chi connectivity index (χ4n) is 1.64. The van der Waals surface area contributed by atoms with Crippen LogP contribution in [0.3, 0.4) is 0 Å². The van der Waals surface area contributed by atoms with Crippen LogP contribution < -0.4 is 9.47 Å². The molecule has 1 heterocycles. The third-order valence-corrected chi connectivity index (χ3v) is 3.15. The lowest BCUT2D eigenvalue weighted by Crippen LogP contribution is -2.03. The van der Waals surface area contributed by atoms with Crippen LogP contribution >= 0.6 is 23.2 Å². The summed E-state index contributed by atoms with van der Waals surface area (Å²) in [6.07, 6.45) is 0.519. The van der Waals surface area contributed by atoms with Gasteiger partial charge in [0.05, 0.1) is 13.7 Å². The normalized spacial score (nSPS) is 10.5. The zero-order valence-electron chi connectivity index (χ0n) is 11.6. The maximum Gasteiger partial charge on any atom is 0.202 e. The van der Waals surface area contributed by atoms with Crippen molar-refractivity contribution in [3.63, 3.8) is 0 Å². The molecule has 112 valence electrons. The number of para-hydroxylation sites is 2. The van der Waals surface area contributed by atoms with E-state index in [-0.39, 0.29) is 16.1 Å². The number of benzene rings is 1. The Labute approximate surface area is 132 Å².